The van der Waals surface area contributed by atoms with Gasteiger partial charge in [-0.25, -0.2) is 0 Å². The summed E-state index contributed by atoms with van der Waals surface area (Å²) in [6.45, 7) is 2.23. The standard InChI is InChI=1S/C11H14N2O2S/c1-14-5-4-12-8-9-7-10(15-13-9)11-3-2-6-16-11/h2-3,6-7,12H,4-5,8H2,1H3. The number of rotatable bonds is 6. The smallest absolute Gasteiger partial charge is 0.177 e. The molecule has 0 aliphatic rings. The Morgan fingerprint density at radius 3 is 3.25 bits per heavy atom. The Morgan fingerprint density at radius 2 is 2.50 bits per heavy atom. The van der Waals surface area contributed by atoms with Gasteiger partial charge in [-0.05, 0) is 11.4 Å². The fourth-order valence-corrected chi connectivity index (χ4v) is 1.99. The number of nitrogens with one attached hydrogen (secondary N) is 1. The fraction of sp³-hybridized carbons (Fsp3) is 0.364. The fourth-order valence-electron chi connectivity index (χ4n) is 1.32. The Hall–Kier alpha value is -1.17. The molecule has 0 radical (unpaired) electrons. The molecule has 0 saturated carbocycles. The molecule has 16 heavy (non-hydrogen) atoms. The van der Waals surface area contributed by atoms with Crippen molar-refractivity contribution in [1.29, 1.82) is 0 Å². The Morgan fingerprint density at radius 1 is 1.56 bits per heavy atom. The van der Waals surface area contributed by atoms with Gasteiger partial charge in [0.05, 0.1) is 17.2 Å². The third-order valence-electron chi connectivity index (χ3n) is 2.11. The lowest BCUT2D eigenvalue weighted by Crippen LogP contribution is -2.18. The molecule has 0 bridgehead atoms. The van der Waals surface area contributed by atoms with Crippen LogP contribution in [0.1, 0.15) is 5.69 Å². The van der Waals surface area contributed by atoms with Crippen LogP contribution >= 0.6 is 11.3 Å². The van der Waals surface area contributed by atoms with Gasteiger partial charge in [0.25, 0.3) is 0 Å². The van der Waals surface area contributed by atoms with E-state index in [-0.39, 0.29) is 0 Å². The van der Waals surface area contributed by atoms with Crippen LogP contribution in [-0.2, 0) is 11.3 Å². The van der Waals surface area contributed by atoms with Crippen molar-refractivity contribution in [2.75, 3.05) is 20.3 Å². The highest BCUT2D eigenvalue weighted by Crippen LogP contribution is 2.24. The van der Waals surface area contributed by atoms with Gasteiger partial charge < -0.3 is 14.6 Å². The molecule has 2 rings (SSSR count). The number of hydrogen-bond acceptors (Lipinski definition) is 5. The van der Waals surface area contributed by atoms with E-state index in [0.29, 0.717) is 13.2 Å². The molecule has 0 fully saturated rings. The topological polar surface area (TPSA) is 47.3 Å². The van der Waals surface area contributed by atoms with E-state index in [2.05, 4.69) is 10.5 Å². The summed E-state index contributed by atoms with van der Waals surface area (Å²) in [5, 5.41) is 9.24. The first-order chi connectivity index (χ1) is 7.90. The predicted octanol–water partition coefficient (Wildman–Crippen LogP) is 2.14. The molecule has 4 nitrogen and oxygen atoms in total. The summed E-state index contributed by atoms with van der Waals surface area (Å²) in [7, 11) is 1.69. The summed E-state index contributed by atoms with van der Waals surface area (Å²) in [4.78, 5) is 1.11. The van der Waals surface area contributed by atoms with E-state index in [9.17, 15) is 0 Å². The highest BCUT2D eigenvalue weighted by molar-refractivity contribution is 7.13. The molecule has 0 spiro atoms. The molecule has 2 aromatic rings. The maximum atomic E-state index is 5.26. The normalized spacial score (nSPS) is 10.8. The van der Waals surface area contributed by atoms with Gasteiger partial charge in [0.15, 0.2) is 5.76 Å². The van der Waals surface area contributed by atoms with Crippen molar-refractivity contribution in [3.63, 3.8) is 0 Å². The zero-order valence-electron chi connectivity index (χ0n) is 9.10. The molecule has 86 valence electrons. The van der Waals surface area contributed by atoms with Crippen LogP contribution in [0.2, 0.25) is 0 Å². The Balaban J connectivity index is 1.88. The average Bonchev–Trinajstić information content (AvgIpc) is 2.94. The van der Waals surface area contributed by atoms with Crippen LogP contribution < -0.4 is 5.32 Å². The highest BCUT2D eigenvalue weighted by atomic mass is 32.1. The van der Waals surface area contributed by atoms with Crippen LogP contribution in [0.25, 0.3) is 10.6 Å². The summed E-state index contributed by atoms with van der Waals surface area (Å²) < 4.78 is 10.2. The second-order valence-electron chi connectivity index (χ2n) is 3.33. The Bertz CT molecular complexity index is 411. The summed E-state index contributed by atoms with van der Waals surface area (Å²) in [5.74, 6) is 0.832. The molecule has 0 aliphatic carbocycles. The van der Waals surface area contributed by atoms with Crippen molar-refractivity contribution in [3.8, 4) is 10.6 Å². The third kappa shape index (κ3) is 2.91. The molecule has 5 heteroatoms. The van der Waals surface area contributed by atoms with Gasteiger partial charge in [-0.1, -0.05) is 11.2 Å². The van der Waals surface area contributed by atoms with Gasteiger partial charge in [-0.2, -0.15) is 0 Å². The predicted molar refractivity (Wildman–Crippen MR) is 63.4 cm³/mol. The van der Waals surface area contributed by atoms with Crippen LogP contribution in [0.4, 0.5) is 0 Å². The van der Waals surface area contributed by atoms with Crippen molar-refractivity contribution >= 4 is 11.3 Å². The quantitative estimate of drug-likeness (QED) is 0.783. The minimum atomic E-state index is 0.704. The third-order valence-corrected chi connectivity index (χ3v) is 3.00. The summed E-state index contributed by atoms with van der Waals surface area (Å²) in [6, 6.07) is 5.98. The molecule has 0 atom stereocenters. The number of hydrogen-bond donors (Lipinski definition) is 1. The second-order valence-corrected chi connectivity index (χ2v) is 4.28. The van der Waals surface area contributed by atoms with Gasteiger partial charge in [0, 0.05) is 26.3 Å². The SMILES string of the molecule is COCCNCc1cc(-c2cccs2)on1. The number of nitrogens with zero attached hydrogens (tertiary/aromatic N) is 1. The van der Waals surface area contributed by atoms with E-state index in [1.165, 1.54) is 0 Å². The first-order valence-electron chi connectivity index (χ1n) is 5.09. The number of thiophene rings is 1. The van der Waals surface area contributed by atoms with Crippen LogP contribution in [0.3, 0.4) is 0 Å². The lowest BCUT2D eigenvalue weighted by Gasteiger charge is -1.99. The average molecular weight is 238 g/mol. The van der Waals surface area contributed by atoms with Crippen molar-refractivity contribution in [3.05, 3.63) is 29.3 Å². The van der Waals surface area contributed by atoms with Crippen molar-refractivity contribution in [2.24, 2.45) is 0 Å². The molecule has 2 heterocycles. The van der Waals surface area contributed by atoms with Gasteiger partial charge >= 0.3 is 0 Å². The van der Waals surface area contributed by atoms with Gasteiger partial charge in [0.1, 0.15) is 0 Å². The molecule has 0 amide bonds. The maximum Gasteiger partial charge on any atom is 0.177 e. The van der Waals surface area contributed by atoms with E-state index in [0.717, 1.165) is 22.9 Å². The minimum absolute atomic E-state index is 0.704. The first-order valence-corrected chi connectivity index (χ1v) is 5.97. The molecule has 0 unspecified atom stereocenters. The molecule has 0 aromatic carbocycles. The lowest BCUT2D eigenvalue weighted by molar-refractivity contribution is 0.199. The van der Waals surface area contributed by atoms with Crippen LogP contribution in [0.5, 0.6) is 0 Å². The van der Waals surface area contributed by atoms with Crippen molar-refractivity contribution < 1.29 is 9.26 Å². The molecule has 0 saturated heterocycles. The Kier molecular flexibility index (Phi) is 4.10. The first kappa shape index (κ1) is 11.3. The highest BCUT2D eigenvalue weighted by Gasteiger charge is 2.06. The molecule has 1 N–H and O–H groups in total. The van der Waals surface area contributed by atoms with E-state index in [1.54, 1.807) is 18.4 Å². The molecular formula is C11H14N2O2S. The second kappa shape index (κ2) is 5.79. The number of ether oxygens (including phenoxy) is 1. The van der Waals surface area contributed by atoms with E-state index < -0.39 is 0 Å². The van der Waals surface area contributed by atoms with Crippen LogP contribution in [-0.4, -0.2) is 25.4 Å². The molecule has 0 aliphatic heterocycles. The largest absolute Gasteiger partial charge is 0.383 e. The number of methoxy groups -OCH3 is 1. The zero-order valence-corrected chi connectivity index (χ0v) is 9.92. The van der Waals surface area contributed by atoms with Gasteiger partial charge in [-0.3, -0.25) is 0 Å². The van der Waals surface area contributed by atoms with Gasteiger partial charge in [-0.15, -0.1) is 11.3 Å². The van der Waals surface area contributed by atoms with E-state index in [1.807, 2.05) is 23.6 Å². The number of aromatic nitrogens is 1. The van der Waals surface area contributed by atoms with Gasteiger partial charge in [0.2, 0.25) is 0 Å². The zero-order chi connectivity index (χ0) is 11.2. The summed E-state index contributed by atoms with van der Waals surface area (Å²) in [5.41, 5.74) is 0.916. The Labute approximate surface area is 98.2 Å². The van der Waals surface area contributed by atoms with E-state index >= 15 is 0 Å². The van der Waals surface area contributed by atoms with E-state index in [4.69, 9.17) is 9.26 Å². The summed E-state index contributed by atoms with van der Waals surface area (Å²) >= 11 is 1.65. The van der Waals surface area contributed by atoms with Crippen LogP contribution in [0.15, 0.2) is 28.1 Å². The lowest BCUT2D eigenvalue weighted by atomic mass is 10.3. The van der Waals surface area contributed by atoms with Crippen LogP contribution in [0, 0.1) is 0 Å². The monoisotopic (exact) mass is 238 g/mol. The summed E-state index contributed by atoms with van der Waals surface area (Å²) in [6.07, 6.45) is 0. The molecule has 2 aromatic heterocycles. The molecular weight excluding hydrogens is 224 g/mol. The van der Waals surface area contributed by atoms with Crippen molar-refractivity contribution in [2.45, 2.75) is 6.54 Å². The van der Waals surface area contributed by atoms with Crippen molar-refractivity contribution in [1.82, 2.24) is 10.5 Å². The minimum Gasteiger partial charge on any atom is -0.383 e. The maximum absolute atomic E-state index is 5.26.